The highest BCUT2D eigenvalue weighted by Gasteiger charge is 2.15. The molecule has 0 aliphatic heterocycles. The molecule has 0 spiro atoms. The second-order valence-electron chi connectivity index (χ2n) is 3.34. The monoisotopic (exact) mass is 154 g/mol. The van der Waals surface area contributed by atoms with Gasteiger partial charge in [-0.3, -0.25) is 0 Å². The lowest BCUT2D eigenvalue weighted by Gasteiger charge is -2.13. The number of nitrogens with zero attached hydrogens (tertiary/aromatic N) is 1. The molecule has 0 rings (SSSR count). The van der Waals surface area contributed by atoms with Crippen LogP contribution in [0.5, 0.6) is 0 Å². The summed E-state index contributed by atoms with van der Waals surface area (Å²) < 4.78 is 0. The number of hydrogen-bond donors (Lipinski definition) is 1. The van der Waals surface area contributed by atoms with Crippen molar-refractivity contribution >= 4 is 0 Å². The molecule has 0 amide bonds. The van der Waals surface area contributed by atoms with Gasteiger partial charge in [-0.15, -0.1) is 0 Å². The maximum Gasteiger partial charge on any atom is 0.101 e. The fraction of sp³-hybridized carbons (Fsp3) is 0.889. The number of unbranched alkanes of at least 4 members (excludes halogenated alkanes) is 3. The van der Waals surface area contributed by atoms with Gasteiger partial charge in [-0.1, -0.05) is 32.6 Å². The van der Waals surface area contributed by atoms with E-state index in [4.69, 9.17) is 11.0 Å². The zero-order valence-corrected chi connectivity index (χ0v) is 7.56. The number of nitriles is 1. The summed E-state index contributed by atoms with van der Waals surface area (Å²) >= 11 is 0. The van der Waals surface area contributed by atoms with Gasteiger partial charge in [-0.25, -0.2) is 0 Å². The summed E-state index contributed by atoms with van der Waals surface area (Å²) in [5, 5.41) is 8.58. The van der Waals surface area contributed by atoms with Crippen LogP contribution in [0, 0.1) is 11.3 Å². The molecule has 0 aliphatic rings. The fourth-order valence-electron chi connectivity index (χ4n) is 0.975. The standard InChI is InChI=1S/C9H18N2/c1-3-4-5-6-7-9(2,11)8-10/h3-7,11H2,1-2H3. The average molecular weight is 154 g/mol. The lowest BCUT2D eigenvalue weighted by atomic mass is 9.97. The summed E-state index contributed by atoms with van der Waals surface area (Å²) in [6.07, 6.45) is 5.58. The van der Waals surface area contributed by atoms with Crippen molar-refractivity contribution in [3.63, 3.8) is 0 Å². The third-order valence-electron chi connectivity index (χ3n) is 1.81. The van der Waals surface area contributed by atoms with Crippen molar-refractivity contribution in [1.29, 1.82) is 5.26 Å². The smallest absolute Gasteiger partial charge is 0.101 e. The third kappa shape index (κ3) is 5.87. The lowest BCUT2D eigenvalue weighted by molar-refractivity contribution is 0.499. The molecule has 0 bridgehead atoms. The highest BCUT2D eigenvalue weighted by atomic mass is 14.7. The Morgan fingerprint density at radius 3 is 2.45 bits per heavy atom. The summed E-state index contributed by atoms with van der Waals surface area (Å²) in [7, 11) is 0. The van der Waals surface area contributed by atoms with Gasteiger partial charge in [0.05, 0.1) is 6.07 Å². The molecule has 0 saturated heterocycles. The zero-order chi connectivity index (χ0) is 8.74. The average Bonchev–Trinajstić information content (AvgIpc) is 1.99. The van der Waals surface area contributed by atoms with Crippen LogP contribution in [0.1, 0.15) is 46.0 Å². The van der Waals surface area contributed by atoms with Crippen molar-refractivity contribution in [2.75, 3.05) is 0 Å². The number of nitrogens with two attached hydrogens (primary N) is 1. The molecule has 0 heterocycles. The van der Waals surface area contributed by atoms with E-state index in [0.717, 1.165) is 12.8 Å². The molecule has 1 atom stereocenters. The van der Waals surface area contributed by atoms with Crippen LogP contribution in [0.3, 0.4) is 0 Å². The molecule has 0 aromatic heterocycles. The maximum atomic E-state index is 8.58. The maximum absolute atomic E-state index is 8.58. The molecule has 0 aliphatic carbocycles. The highest BCUT2D eigenvalue weighted by molar-refractivity contribution is 5.00. The molecule has 0 aromatic rings. The molecule has 0 saturated carbocycles. The van der Waals surface area contributed by atoms with Gasteiger partial charge >= 0.3 is 0 Å². The summed E-state index contributed by atoms with van der Waals surface area (Å²) in [5.74, 6) is 0. The van der Waals surface area contributed by atoms with Gasteiger partial charge in [0.2, 0.25) is 0 Å². The van der Waals surface area contributed by atoms with Crippen LogP contribution >= 0.6 is 0 Å². The minimum atomic E-state index is -0.603. The Morgan fingerprint density at radius 1 is 1.36 bits per heavy atom. The lowest BCUT2D eigenvalue weighted by Crippen LogP contribution is -2.33. The van der Waals surface area contributed by atoms with Crippen molar-refractivity contribution in [3.8, 4) is 6.07 Å². The summed E-state index contributed by atoms with van der Waals surface area (Å²) in [6, 6.07) is 2.10. The van der Waals surface area contributed by atoms with Gasteiger partial charge in [0.25, 0.3) is 0 Å². The first-order valence-electron chi connectivity index (χ1n) is 4.32. The topological polar surface area (TPSA) is 49.8 Å². The van der Waals surface area contributed by atoms with Crippen LogP contribution in [0.2, 0.25) is 0 Å². The first-order valence-corrected chi connectivity index (χ1v) is 4.32. The van der Waals surface area contributed by atoms with E-state index >= 15 is 0 Å². The first-order chi connectivity index (χ1) is 5.12. The van der Waals surface area contributed by atoms with Gasteiger partial charge in [0, 0.05) is 0 Å². The van der Waals surface area contributed by atoms with Crippen molar-refractivity contribution in [2.45, 2.75) is 51.5 Å². The molecule has 2 N–H and O–H groups in total. The summed E-state index contributed by atoms with van der Waals surface area (Å²) in [4.78, 5) is 0. The molecule has 2 nitrogen and oxygen atoms in total. The van der Waals surface area contributed by atoms with Crippen LogP contribution in [-0.2, 0) is 0 Å². The van der Waals surface area contributed by atoms with Gasteiger partial charge in [0.15, 0.2) is 0 Å². The van der Waals surface area contributed by atoms with E-state index in [1.54, 1.807) is 6.92 Å². The normalized spacial score (nSPS) is 15.5. The highest BCUT2D eigenvalue weighted by Crippen LogP contribution is 2.11. The second-order valence-corrected chi connectivity index (χ2v) is 3.34. The van der Waals surface area contributed by atoms with E-state index in [2.05, 4.69) is 13.0 Å². The van der Waals surface area contributed by atoms with E-state index in [1.807, 2.05) is 0 Å². The van der Waals surface area contributed by atoms with Crippen molar-refractivity contribution in [1.82, 2.24) is 0 Å². The van der Waals surface area contributed by atoms with Crippen LogP contribution < -0.4 is 5.73 Å². The van der Waals surface area contributed by atoms with Gasteiger partial charge in [0.1, 0.15) is 5.54 Å². The molecule has 0 fully saturated rings. The van der Waals surface area contributed by atoms with E-state index < -0.39 is 5.54 Å². The molecule has 2 heteroatoms. The molecule has 0 radical (unpaired) electrons. The minimum absolute atomic E-state index is 0.603. The quantitative estimate of drug-likeness (QED) is 0.617. The summed E-state index contributed by atoms with van der Waals surface area (Å²) in [6.45, 7) is 3.96. The zero-order valence-electron chi connectivity index (χ0n) is 7.56. The van der Waals surface area contributed by atoms with Crippen molar-refractivity contribution in [3.05, 3.63) is 0 Å². The molecular weight excluding hydrogens is 136 g/mol. The van der Waals surface area contributed by atoms with Crippen LogP contribution in [-0.4, -0.2) is 5.54 Å². The molecule has 64 valence electrons. The predicted molar refractivity (Wildman–Crippen MR) is 47.0 cm³/mol. The van der Waals surface area contributed by atoms with E-state index in [-0.39, 0.29) is 0 Å². The van der Waals surface area contributed by atoms with Gasteiger partial charge in [-0.05, 0) is 13.3 Å². The van der Waals surface area contributed by atoms with Crippen molar-refractivity contribution < 1.29 is 0 Å². The van der Waals surface area contributed by atoms with Crippen LogP contribution in [0.25, 0.3) is 0 Å². The van der Waals surface area contributed by atoms with E-state index in [1.165, 1.54) is 19.3 Å². The third-order valence-corrected chi connectivity index (χ3v) is 1.81. The fourth-order valence-corrected chi connectivity index (χ4v) is 0.975. The number of rotatable bonds is 5. The van der Waals surface area contributed by atoms with E-state index in [0.29, 0.717) is 0 Å². The second kappa shape index (κ2) is 5.15. The Hall–Kier alpha value is -0.550. The number of hydrogen-bond acceptors (Lipinski definition) is 2. The largest absolute Gasteiger partial charge is 0.314 e. The van der Waals surface area contributed by atoms with Crippen LogP contribution in [0.15, 0.2) is 0 Å². The molecule has 0 aromatic carbocycles. The molecule has 1 unspecified atom stereocenters. The predicted octanol–water partition coefficient (Wildman–Crippen LogP) is 2.20. The minimum Gasteiger partial charge on any atom is -0.314 e. The van der Waals surface area contributed by atoms with Gasteiger partial charge in [-0.2, -0.15) is 5.26 Å². The summed E-state index contributed by atoms with van der Waals surface area (Å²) in [5.41, 5.74) is 5.03. The molecule has 11 heavy (non-hydrogen) atoms. The Kier molecular flexibility index (Phi) is 4.89. The van der Waals surface area contributed by atoms with E-state index in [9.17, 15) is 0 Å². The Balaban J connectivity index is 3.32. The Bertz CT molecular complexity index is 133. The Morgan fingerprint density at radius 2 is 2.00 bits per heavy atom. The Labute approximate surface area is 69.4 Å². The SMILES string of the molecule is CCCCCCC(C)(N)C#N. The van der Waals surface area contributed by atoms with Crippen LogP contribution in [0.4, 0.5) is 0 Å². The van der Waals surface area contributed by atoms with Crippen molar-refractivity contribution in [2.24, 2.45) is 5.73 Å². The molecular formula is C9H18N2. The first kappa shape index (κ1) is 10.4. The van der Waals surface area contributed by atoms with Gasteiger partial charge < -0.3 is 5.73 Å².